The Hall–Kier alpha value is -2.34. The fraction of sp³-hybridized carbons (Fsp3) is 0.448. The maximum absolute atomic E-state index is 12.9. The van der Waals surface area contributed by atoms with E-state index < -0.39 is 0 Å². The number of halogens is 2. The average molecular weight is 527 g/mol. The number of hydrogen-bond donors (Lipinski definition) is 1. The number of likely N-dealkylation sites (tertiary alicyclic amines) is 1. The second kappa shape index (κ2) is 11.8. The maximum Gasteiger partial charge on any atom is 0.252 e. The van der Waals surface area contributed by atoms with E-state index in [1.165, 1.54) is 19.3 Å². The Morgan fingerprint density at radius 1 is 0.972 bits per heavy atom. The highest BCUT2D eigenvalue weighted by Crippen LogP contribution is 2.33. The topological polar surface area (TPSA) is 54.5 Å². The largest absolute Gasteiger partial charge is 0.489 e. The summed E-state index contributed by atoms with van der Waals surface area (Å²) in [5.74, 6) is 1.43. The Morgan fingerprint density at radius 3 is 2.56 bits per heavy atom. The van der Waals surface area contributed by atoms with E-state index in [2.05, 4.69) is 15.2 Å². The molecule has 5 rings (SSSR count). The van der Waals surface area contributed by atoms with E-state index in [9.17, 15) is 4.79 Å². The van der Waals surface area contributed by atoms with Gasteiger partial charge in [0.05, 0.1) is 16.1 Å². The smallest absolute Gasteiger partial charge is 0.252 e. The number of aromatic nitrogens is 1. The second-order valence-corrected chi connectivity index (χ2v) is 10.9. The molecule has 0 unspecified atom stereocenters. The van der Waals surface area contributed by atoms with Crippen LogP contribution in [0.4, 0.5) is 0 Å². The van der Waals surface area contributed by atoms with Gasteiger partial charge >= 0.3 is 0 Å². The zero-order chi connectivity index (χ0) is 24.9. The number of amides is 1. The summed E-state index contributed by atoms with van der Waals surface area (Å²) in [6.45, 7) is 3.23. The van der Waals surface area contributed by atoms with E-state index in [-0.39, 0.29) is 18.1 Å². The first-order chi connectivity index (χ1) is 17.6. The summed E-state index contributed by atoms with van der Waals surface area (Å²) in [6.07, 6.45) is 9.59. The van der Waals surface area contributed by atoms with Crippen molar-refractivity contribution in [1.29, 1.82) is 0 Å². The molecule has 0 spiro atoms. The van der Waals surface area contributed by atoms with Crippen LogP contribution in [0, 0.1) is 5.92 Å². The van der Waals surface area contributed by atoms with E-state index in [1.807, 2.05) is 42.5 Å². The van der Waals surface area contributed by atoms with Crippen molar-refractivity contribution in [2.24, 2.45) is 5.92 Å². The molecule has 1 aliphatic heterocycles. The number of nitrogens with one attached hydrogen (secondary N) is 1. The number of fused-ring (bicyclic) bond motifs is 1. The zero-order valence-corrected chi connectivity index (χ0v) is 22.0. The third-order valence-electron chi connectivity index (χ3n) is 7.67. The first-order valence-corrected chi connectivity index (χ1v) is 13.8. The number of carbonyl (C=O) groups is 1. The molecule has 36 heavy (non-hydrogen) atoms. The Kier molecular flexibility index (Phi) is 8.30. The lowest BCUT2D eigenvalue weighted by Crippen LogP contribution is -2.40. The number of pyridine rings is 1. The van der Waals surface area contributed by atoms with Crippen LogP contribution >= 0.6 is 23.2 Å². The molecule has 1 saturated heterocycles. The van der Waals surface area contributed by atoms with Crippen LogP contribution in [0.5, 0.6) is 5.75 Å². The van der Waals surface area contributed by atoms with E-state index >= 15 is 0 Å². The van der Waals surface area contributed by atoms with Gasteiger partial charge in [0, 0.05) is 30.7 Å². The molecule has 0 radical (unpaired) electrons. The molecule has 0 bridgehead atoms. The summed E-state index contributed by atoms with van der Waals surface area (Å²) < 4.78 is 6.13. The van der Waals surface area contributed by atoms with Crippen LogP contribution in [0.25, 0.3) is 10.9 Å². The molecule has 0 atom stereocenters. The quantitative estimate of drug-likeness (QED) is 0.370. The second-order valence-electron chi connectivity index (χ2n) is 10.1. The summed E-state index contributed by atoms with van der Waals surface area (Å²) in [4.78, 5) is 19.9. The van der Waals surface area contributed by atoms with Gasteiger partial charge in [0.15, 0.2) is 0 Å². The van der Waals surface area contributed by atoms with Gasteiger partial charge in [0.25, 0.3) is 5.91 Å². The molecular formula is C29H33Cl2N3O2. The van der Waals surface area contributed by atoms with Gasteiger partial charge in [-0.25, -0.2) is 0 Å². The van der Waals surface area contributed by atoms with Crippen molar-refractivity contribution in [2.45, 2.75) is 57.1 Å². The van der Waals surface area contributed by atoms with Crippen LogP contribution in [0.1, 0.15) is 55.3 Å². The number of ether oxygens (including phenoxy) is 1. The number of para-hydroxylation sites is 1. The lowest BCUT2D eigenvalue weighted by molar-refractivity contribution is 0.0899. The Labute approximate surface area is 223 Å². The van der Waals surface area contributed by atoms with Crippen molar-refractivity contribution < 1.29 is 9.53 Å². The van der Waals surface area contributed by atoms with Crippen molar-refractivity contribution in [3.05, 3.63) is 70.3 Å². The van der Waals surface area contributed by atoms with Crippen LogP contribution in [0.15, 0.2) is 54.7 Å². The Balaban J connectivity index is 1.02. The van der Waals surface area contributed by atoms with Crippen LogP contribution in [-0.2, 0) is 0 Å². The third-order valence-corrected chi connectivity index (χ3v) is 8.48. The van der Waals surface area contributed by atoms with Crippen molar-refractivity contribution >= 4 is 40.0 Å². The summed E-state index contributed by atoms with van der Waals surface area (Å²) in [5, 5.41) is 5.23. The molecule has 2 heterocycles. The summed E-state index contributed by atoms with van der Waals surface area (Å²) >= 11 is 12.4. The number of hydrogen-bond acceptors (Lipinski definition) is 4. The van der Waals surface area contributed by atoms with Gasteiger partial charge in [-0.2, -0.15) is 0 Å². The van der Waals surface area contributed by atoms with E-state index in [1.54, 1.807) is 12.3 Å². The molecule has 1 saturated carbocycles. The molecule has 1 aliphatic carbocycles. The third kappa shape index (κ3) is 6.13. The minimum absolute atomic E-state index is 0.0150. The monoisotopic (exact) mass is 525 g/mol. The normalized spacial score (nSPS) is 21.4. The van der Waals surface area contributed by atoms with Gasteiger partial charge in [-0.1, -0.05) is 47.5 Å². The van der Waals surface area contributed by atoms with Crippen LogP contribution in [-0.4, -0.2) is 47.6 Å². The van der Waals surface area contributed by atoms with Crippen molar-refractivity contribution in [3.8, 4) is 5.75 Å². The molecular weight excluding hydrogens is 493 g/mol. The molecule has 2 aromatic carbocycles. The predicted octanol–water partition coefficient (Wildman–Crippen LogP) is 6.76. The van der Waals surface area contributed by atoms with Crippen LogP contribution in [0.3, 0.4) is 0 Å². The Bertz CT molecular complexity index is 1180. The molecule has 2 fully saturated rings. The van der Waals surface area contributed by atoms with Crippen LogP contribution < -0.4 is 10.1 Å². The fourth-order valence-corrected chi connectivity index (χ4v) is 5.86. The highest BCUT2D eigenvalue weighted by atomic mass is 35.5. The van der Waals surface area contributed by atoms with Crippen molar-refractivity contribution in [3.63, 3.8) is 0 Å². The minimum Gasteiger partial charge on any atom is -0.489 e. The first kappa shape index (κ1) is 25.3. The van der Waals surface area contributed by atoms with Gasteiger partial charge in [0.2, 0.25) is 0 Å². The van der Waals surface area contributed by atoms with Crippen molar-refractivity contribution in [1.82, 2.24) is 15.2 Å². The number of nitrogens with zero attached hydrogens (tertiary/aromatic N) is 2. The zero-order valence-electron chi connectivity index (χ0n) is 20.5. The number of benzene rings is 2. The maximum atomic E-state index is 12.9. The number of rotatable bonds is 7. The van der Waals surface area contributed by atoms with E-state index in [4.69, 9.17) is 27.9 Å². The lowest BCUT2D eigenvalue weighted by atomic mass is 9.83. The molecule has 1 amide bonds. The van der Waals surface area contributed by atoms with Crippen molar-refractivity contribution in [2.75, 3.05) is 19.6 Å². The van der Waals surface area contributed by atoms with E-state index in [0.717, 1.165) is 62.1 Å². The standard InChI is InChI=1S/C29H33Cl2N3O2/c30-25-5-3-7-27(28(25)31)36-22-14-18-34(19-15-22)17-13-20-8-10-21(11-9-20)33-29(35)24-12-16-32-26-6-2-1-4-23(24)26/h1-7,12,16,20-22H,8-11,13-15,17-19H2,(H,33,35). The first-order valence-electron chi connectivity index (χ1n) is 13.0. The SMILES string of the molecule is O=C(NC1CCC(CCN2CCC(Oc3cccc(Cl)c3Cl)CC2)CC1)c1ccnc2ccccc12. The minimum atomic E-state index is 0.0150. The molecule has 7 heteroatoms. The molecule has 1 N–H and O–H groups in total. The summed E-state index contributed by atoms with van der Waals surface area (Å²) in [6, 6.07) is 15.4. The highest BCUT2D eigenvalue weighted by molar-refractivity contribution is 6.42. The van der Waals surface area contributed by atoms with Gasteiger partial charge in [0.1, 0.15) is 16.9 Å². The van der Waals surface area contributed by atoms with Gasteiger partial charge in [-0.15, -0.1) is 0 Å². The molecule has 5 nitrogen and oxygen atoms in total. The van der Waals surface area contributed by atoms with E-state index in [0.29, 0.717) is 21.4 Å². The van der Waals surface area contributed by atoms with Gasteiger partial charge in [-0.05, 0) is 81.7 Å². The predicted molar refractivity (Wildman–Crippen MR) is 146 cm³/mol. The Morgan fingerprint density at radius 2 is 1.75 bits per heavy atom. The average Bonchev–Trinajstić information content (AvgIpc) is 2.91. The molecule has 190 valence electrons. The van der Waals surface area contributed by atoms with Gasteiger partial charge in [-0.3, -0.25) is 9.78 Å². The number of carbonyl (C=O) groups excluding carboxylic acids is 1. The number of piperidine rings is 1. The molecule has 1 aromatic heterocycles. The van der Waals surface area contributed by atoms with Crippen LogP contribution in [0.2, 0.25) is 10.0 Å². The highest BCUT2D eigenvalue weighted by Gasteiger charge is 2.26. The summed E-state index contributed by atoms with van der Waals surface area (Å²) in [5.41, 5.74) is 1.57. The summed E-state index contributed by atoms with van der Waals surface area (Å²) in [7, 11) is 0. The lowest BCUT2D eigenvalue weighted by Gasteiger charge is -2.34. The molecule has 2 aliphatic rings. The fourth-order valence-electron chi connectivity index (χ4n) is 5.52. The molecule has 3 aromatic rings. The van der Waals surface area contributed by atoms with Gasteiger partial charge < -0.3 is 15.0 Å².